The quantitative estimate of drug-likeness (QED) is 0.845. The number of aromatic nitrogens is 2. The summed E-state index contributed by atoms with van der Waals surface area (Å²) in [6.07, 6.45) is 5.68. The summed E-state index contributed by atoms with van der Waals surface area (Å²) < 4.78 is 26.8. The predicted octanol–water partition coefficient (Wildman–Crippen LogP) is 0.951. The Bertz CT molecular complexity index is 486. The van der Waals surface area contributed by atoms with Crippen molar-refractivity contribution in [2.24, 2.45) is 0 Å². The van der Waals surface area contributed by atoms with E-state index in [0.29, 0.717) is 6.54 Å². The van der Waals surface area contributed by atoms with E-state index in [1.165, 1.54) is 12.5 Å². The van der Waals surface area contributed by atoms with Crippen LogP contribution in [0, 0.1) is 0 Å². The van der Waals surface area contributed by atoms with Crippen LogP contribution in [0.1, 0.15) is 33.1 Å². The van der Waals surface area contributed by atoms with Crippen LogP contribution in [0.15, 0.2) is 17.6 Å². The lowest BCUT2D eigenvalue weighted by molar-refractivity contribution is 0.209. The predicted molar refractivity (Wildman–Crippen MR) is 73.3 cm³/mol. The third kappa shape index (κ3) is 2.98. The Labute approximate surface area is 114 Å². The van der Waals surface area contributed by atoms with Gasteiger partial charge in [0.05, 0.1) is 12.5 Å². The molecule has 1 fully saturated rings. The third-order valence-corrected chi connectivity index (χ3v) is 5.51. The fourth-order valence-corrected chi connectivity index (χ4v) is 4.36. The van der Waals surface area contributed by atoms with Gasteiger partial charge in [-0.15, -0.1) is 0 Å². The molecule has 1 aliphatic rings. The molecule has 19 heavy (non-hydrogen) atoms. The normalized spacial score (nSPS) is 23.4. The maximum absolute atomic E-state index is 12.6. The summed E-state index contributed by atoms with van der Waals surface area (Å²) in [7, 11) is -3.46. The molecule has 2 N–H and O–H groups in total. The maximum atomic E-state index is 12.6. The van der Waals surface area contributed by atoms with Crippen LogP contribution in [0.4, 0.5) is 0 Å². The number of imidazole rings is 1. The number of hydrogen-bond donors (Lipinski definition) is 2. The Hall–Kier alpha value is -0.920. The van der Waals surface area contributed by atoms with Crippen molar-refractivity contribution in [1.29, 1.82) is 0 Å². The lowest BCUT2D eigenvalue weighted by atomic mass is 9.99. The zero-order valence-corrected chi connectivity index (χ0v) is 12.3. The molecule has 0 aliphatic carbocycles. The fraction of sp³-hybridized carbons (Fsp3) is 0.750. The van der Waals surface area contributed by atoms with Crippen LogP contribution >= 0.6 is 0 Å². The van der Waals surface area contributed by atoms with E-state index in [2.05, 4.69) is 22.2 Å². The van der Waals surface area contributed by atoms with Gasteiger partial charge < -0.3 is 10.3 Å². The van der Waals surface area contributed by atoms with Crippen molar-refractivity contribution in [3.05, 3.63) is 12.5 Å². The van der Waals surface area contributed by atoms with Crippen LogP contribution in [0.5, 0.6) is 0 Å². The monoisotopic (exact) mass is 286 g/mol. The topological polar surface area (TPSA) is 78.1 Å². The molecule has 1 aromatic rings. The highest BCUT2D eigenvalue weighted by Gasteiger charge is 2.36. The van der Waals surface area contributed by atoms with E-state index in [1.54, 1.807) is 4.31 Å². The van der Waals surface area contributed by atoms with Crippen molar-refractivity contribution in [2.75, 3.05) is 13.1 Å². The van der Waals surface area contributed by atoms with Crippen molar-refractivity contribution < 1.29 is 8.42 Å². The third-order valence-electron chi connectivity index (χ3n) is 3.66. The number of nitrogens with one attached hydrogen (secondary N) is 2. The second kappa shape index (κ2) is 6.02. The summed E-state index contributed by atoms with van der Waals surface area (Å²) in [5.74, 6) is 0. The molecule has 6 nitrogen and oxygen atoms in total. The van der Waals surface area contributed by atoms with Gasteiger partial charge in [-0.3, -0.25) is 0 Å². The summed E-state index contributed by atoms with van der Waals surface area (Å²) in [5.41, 5.74) is 0. The summed E-state index contributed by atoms with van der Waals surface area (Å²) >= 11 is 0. The van der Waals surface area contributed by atoms with Crippen molar-refractivity contribution in [3.8, 4) is 0 Å². The SMILES string of the molecule is CCNC(C)C1CCCCN1S(=O)(=O)c1cnc[nH]1. The number of hydrogen-bond acceptors (Lipinski definition) is 4. The van der Waals surface area contributed by atoms with Crippen molar-refractivity contribution >= 4 is 10.0 Å². The van der Waals surface area contributed by atoms with E-state index >= 15 is 0 Å². The number of H-pyrrole nitrogens is 1. The van der Waals surface area contributed by atoms with Gasteiger partial charge in [0.2, 0.25) is 0 Å². The number of piperidine rings is 1. The van der Waals surface area contributed by atoms with Crippen LogP contribution in [0.2, 0.25) is 0 Å². The van der Waals surface area contributed by atoms with Crippen LogP contribution < -0.4 is 5.32 Å². The number of sulfonamides is 1. The zero-order chi connectivity index (χ0) is 13.9. The van der Waals surface area contributed by atoms with Crippen LogP contribution in [-0.4, -0.2) is 47.9 Å². The molecule has 0 spiro atoms. The van der Waals surface area contributed by atoms with Gasteiger partial charge in [-0.25, -0.2) is 13.4 Å². The summed E-state index contributed by atoms with van der Waals surface area (Å²) in [6.45, 7) is 5.51. The summed E-state index contributed by atoms with van der Waals surface area (Å²) in [4.78, 5) is 6.52. The van der Waals surface area contributed by atoms with Gasteiger partial charge in [0.1, 0.15) is 0 Å². The lowest BCUT2D eigenvalue weighted by Crippen LogP contribution is -2.53. The Morgan fingerprint density at radius 1 is 1.58 bits per heavy atom. The molecule has 1 aliphatic heterocycles. The number of likely N-dealkylation sites (N-methyl/N-ethyl adjacent to an activating group) is 1. The molecule has 0 radical (unpaired) electrons. The van der Waals surface area contributed by atoms with E-state index in [0.717, 1.165) is 25.8 Å². The highest BCUT2D eigenvalue weighted by Crippen LogP contribution is 2.26. The largest absolute Gasteiger partial charge is 0.335 e. The van der Waals surface area contributed by atoms with E-state index in [-0.39, 0.29) is 17.1 Å². The molecule has 7 heteroatoms. The average Bonchev–Trinajstić information content (AvgIpc) is 2.93. The average molecular weight is 286 g/mol. The summed E-state index contributed by atoms with van der Waals surface area (Å²) in [5, 5.41) is 3.51. The smallest absolute Gasteiger partial charge is 0.260 e. The van der Waals surface area contributed by atoms with Gasteiger partial charge >= 0.3 is 0 Å². The van der Waals surface area contributed by atoms with Gasteiger partial charge in [0, 0.05) is 18.6 Å². The first kappa shape index (κ1) is 14.5. The summed E-state index contributed by atoms with van der Waals surface area (Å²) in [6, 6.07) is 0.171. The van der Waals surface area contributed by atoms with E-state index in [4.69, 9.17) is 0 Å². The molecular formula is C12H22N4O2S. The molecular weight excluding hydrogens is 264 g/mol. The molecule has 0 saturated carbocycles. The fourth-order valence-electron chi connectivity index (χ4n) is 2.70. The van der Waals surface area contributed by atoms with Gasteiger partial charge in [0.15, 0.2) is 5.03 Å². The standard InChI is InChI=1S/C12H22N4O2S/c1-3-14-10(2)11-6-4-5-7-16(11)19(17,18)12-8-13-9-15-12/h8-11,14H,3-7H2,1-2H3,(H,13,15). The number of rotatable bonds is 5. The molecule has 0 amide bonds. The molecule has 0 aromatic carbocycles. The van der Waals surface area contributed by atoms with E-state index < -0.39 is 10.0 Å². The first-order chi connectivity index (χ1) is 9.07. The minimum Gasteiger partial charge on any atom is -0.335 e. The molecule has 2 atom stereocenters. The molecule has 1 aromatic heterocycles. The molecule has 108 valence electrons. The van der Waals surface area contributed by atoms with Crippen molar-refractivity contribution in [1.82, 2.24) is 19.6 Å². The Balaban J connectivity index is 2.24. The molecule has 2 rings (SSSR count). The van der Waals surface area contributed by atoms with Gasteiger partial charge in [0.25, 0.3) is 10.0 Å². The number of aromatic amines is 1. The Morgan fingerprint density at radius 2 is 2.37 bits per heavy atom. The zero-order valence-electron chi connectivity index (χ0n) is 11.5. The minimum atomic E-state index is -3.46. The van der Waals surface area contributed by atoms with Gasteiger partial charge in [-0.1, -0.05) is 13.3 Å². The van der Waals surface area contributed by atoms with Crippen LogP contribution in [0.3, 0.4) is 0 Å². The van der Waals surface area contributed by atoms with Crippen LogP contribution in [0.25, 0.3) is 0 Å². The number of nitrogens with zero attached hydrogens (tertiary/aromatic N) is 2. The Kier molecular flexibility index (Phi) is 4.59. The lowest BCUT2D eigenvalue weighted by Gasteiger charge is -2.38. The van der Waals surface area contributed by atoms with Crippen molar-refractivity contribution in [2.45, 2.75) is 50.2 Å². The van der Waals surface area contributed by atoms with E-state index in [1.807, 2.05) is 6.92 Å². The Morgan fingerprint density at radius 3 is 3.00 bits per heavy atom. The molecule has 2 heterocycles. The first-order valence-corrected chi connectivity index (χ1v) is 8.25. The van der Waals surface area contributed by atoms with Crippen LogP contribution in [-0.2, 0) is 10.0 Å². The highest BCUT2D eigenvalue weighted by atomic mass is 32.2. The minimum absolute atomic E-state index is 0.0157. The van der Waals surface area contributed by atoms with Gasteiger partial charge in [-0.05, 0) is 26.3 Å². The maximum Gasteiger partial charge on any atom is 0.260 e. The second-order valence-electron chi connectivity index (χ2n) is 4.94. The molecule has 2 unspecified atom stereocenters. The van der Waals surface area contributed by atoms with Crippen molar-refractivity contribution in [3.63, 3.8) is 0 Å². The molecule has 0 bridgehead atoms. The molecule has 1 saturated heterocycles. The second-order valence-corrected chi connectivity index (χ2v) is 6.80. The van der Waals surface area contributed by atoms with Gasteiger partial charge in [-0.2, -0.15) is 4.31 Å². The van der Waals surface area contributed by atoms with E-state index in [9.17, 15) is 8.42 Å². The highest BCUT2D eigenvalue weighted by molar-refractivity contribution is 7.89. The first-order valence-electron chi connectivity index (χ1n) is 6.81.